The molecular formula is C17H20F2N2. The molecule has 1 unspecified atom stereocenters. The van der Waals surface area contributed by atoms with Crippen molar-refractivity contribution >= 4 is 0 Å². The predicted octanol–water partition coefficient (Wildman–Crippen LogP) is 3.95. The first-order valence-electron chi connectivity index (χ1n) is 7.21. The minimum atomic E-state index is -0.814. The largest absolute Gasteiger partial charge is 0.308 e. The van der Waals surface area contributed by atoms with Gasteiger partial charge in [0.05, 0.1) is 11.7 Å². The van der Waals surface area contributed by atoms with Crippen LogP contribution >= 0.6 is 0 Å². The summed E-state index contributed by atoms with van der Waals surface area (Å²) in [4.78, 5) is 4.53. The fraction of sp³-hybridized carbons (Fsp3) is 0.353. The van der Waals surface area contributed by atoms with Crippen LogP contribution in [0.2, 0.25) is 0 Å². The summed E-state index contributed by atoms with van der Waals surface area (Å²) in [6.45, 7) is 4.88. The van der Waals surface area contributed by atoms with Crippen molar-refractivity contribution in [1.82, 2.24) is 10.3 Å². The van der Waals surface area contributed by atoms with Crippen molar-refractivity contribution in [2.24, 2.45) is 0 Å². The minimum Gasteiger partial charge on any atom is -0.308 e. The lowest BCUT2D eigenvalue weighted by molar-refractivity contribution is 0.497. The lowest BCUT2D eigenvalue weighted by Gasteiger charge is -2.18. The summed E-state index contributed by atoms with van der Waals surface area (Å²) >= 11 is 0. The lowest BCUT2D eigenvalue weighted by Crippen LogP contribution is -2.25. The molecule has 0 amide bonds. The van der Waals surface area contributed by atoms with Gasteiger partial charge in [-0.1, -0.05) is 19.1 Å². The van der Waals surface area contributed by atoms with Gasteiger partial charge >= 0.3 is 0 Å². The van der Waals surface area contributed by atoms with E-state index in [4.69, 9.17) is 0 Å². The van der Waals surface area contributed by atoms with Gasteiger partial charge in [0.1, 0.15) is 0 Å². The first kappa shape index (κ1) is 15.6. The average Bonchev–Trinajstić information content (AvgIpc) is 2.47. The molecule has 1 aromatic heterocycles. The Labute approximate surface area is 124 Å². The van der Waals surface area contributed by atoms with Crippen LogP contribution in [0.1, 0.15) is 36.3 Å². The number of nitrogens with zero attached hydrogens (tertiary/aromatic N) is 1. The zero-order valence-electron chi connectivity index (χ0n) is 12.4. The van der Waals surface area contributed by atoms with Crippen LogP contribution in [0.25, 0.3) is 0 Å². The SMILES string of the molecule is CCCNC(Cc1ccc(F)c(F)c1)c1cccc(C)n1. The smallest absolute Gasteiger partial charge is 0.159 e. The van der Waals surface area contributed by atoms with Gasteiger partial charge in [0.15, 0.2) is 11.6 Å². The summed E-state index contributed by atoms with van der Waals surface area (Å²) < 4.78 is 26.3. The highest BCUT2D eigenvalue weighted by molar-refractivity contribution is 5.22. The fourth-order valence-electron chi connectivity index (χ4n) is 2.26. The van der Waals surface area contributed by atoms with E-state index < -0.39 is 11.6 Å². The third-order valence-electron chi connectivity index (χ3n) is 3.33. The highest BCUT2D eigenvalue weighted by Crippen LogP contribution is 2.19. The van der Waals surface area contributed by atoms with E-state index in [-0.39, 0.29) is 6.04 Å². The Morgan fingerprint density at radius 3 is 2.62 bits per heavy atom. The topological polar surface area (TPSA) is 24.9 Å². The van der Waals surface area contributed by atoms with E-state index in [2.05, 4.69) is 17.2 Å². The van der Waals surface area contributed by atoms with E-state index in [0.717, 1.165) is 29.9 Å². The fourth-order valence-corrected chi connectivity index (χ4v) is 2.26. The van der Waals surface area contributed by atoms with Gasteiger partial charge in [-0.3, -0.25) is 4.98 Å². The number of benzene rings is 1. The van der Waals surface area contributed by atoms with Crippen molar-refractivity contribution in [1.29, 1.82) is 0 Å². The minimum absolute atomic E-state index is 0.00490. The lowest BCUT2D eigenvalue weighted by atomic mass is 10.0. The van der Waals surface area contributed by atoms with Gasteiger partial charge in [0, 0.05) is 5.69 Å². The van der Waals surface area contributed by atoms with E-state index in [0.29, 0.717) is 6.42 Å². The van der Waals surface area contributed by atoms with Crippen molar-refractivity contribution < 1.29 is 8.78 Å². The molecule has 0 saturated carbocycles. The third-order valence-corrected chi connectivity index (χ3v) is 3.33. The monoisotopic (exact) mass is 290 g/mol. The standard InChI is InChI=1S/C17H20F2N2/c1-3-9-20-17(16-6-4-5-12(2)21-16)11-13-7-8-14(18)15(19)10-13/h4-8,10,17,20H,3,9,11H2,1-2H3. The molecule has 0 aliphatic carbocycles. The summed E-state index contributed by atoms with van der Waals surface area (Å²) in [5, 5.41) is 3.42. The summed E-state index contributed by atoms with van der Waals surface area (Å²) in [6.07, 6.45) is 1.58. The van der Waals surface area contributed by atoms with Gasteiger partial charge in [-0.25, -0.2) is 8.78 Å². The van der Waals surface area contributed by atoms with E-state index in [1.807, 2.05) is 25.1 Å². The van der Waals surface area contributed by atoms with E-state index in [9.17, 15) is 8.78 Å². The molecule has 0 aliphatic heterocycles. The van der Waals surface area contributed by atoms with Crippen molar-refractivity contribution in [2.75, 3.05) is 6.54 Å². The van der Waals surface area contributed by atoms with E-state index in [1.165, 1.54) is 12.1 Å². The summed E-state index contributed by atoms with van der Waals surface area (Å²) in [5.74, 6) is -1.62. The molecule has 0 fully saturated rings. The Hall–Kier alpha value is -1.81. The number of aromatic nitrogens is 1. The van der Waals surface area contributed by atoms with Crippen LogP contribution in [0.5, 0.6) is 0 Å². The molecule has 0 radical (unpaired) electrons. The van der Waals surface area contributed by atoms with E-state index in [1.54, 1.807) is 6.07 Å². The molecule has 1 N–H and O–H groups in total. The number of pyridine rings is 1. The van der Waals surface area contributed by atoms with E-state index >= 15 is 0 Å². The summed E-state index contributed by atoms with van der Waals surface area (Å²) in [7, 11) is 0. The van der Waals surface area contributed by atoms with Crippen LogP contribution < -0.4 is 5.32 Å². The van der Waals surface area contributed by atoms with Gasteiger partial charge in [-0.15, -0.1) is 0 Å². The Bertz CT molecular complexity index is 599. The van der Waals surface area contributed by atoms with Crippen LogP contribution in [0, 0.1) is 18.6 Å². The Kier molecular flexibility index (Phi) is 5.39. The van der Waals surface area contributed by atoms with Gasteiger partial charge in [0.25, 0.3) is 0 Å². The summed E-state index contributed by atoms with van der Waals surface area (Å²) in [5.41, 5.74) is 2.63. The maximum absolute atomic E-state index is 13.3. The summed E-state index contributed by atoms with van der Waals surface area (Å²) in [6, 6.07) is 9.91. The number of rotatable bonds is 6. The first-order valence-corrected chi connectivity index (χ1v) is 7.21. The Morgan fingerprint density at radius 2 is 1.95 bits per heavy atom. The molecule has 112 valence electrons. The van der Waals surface area contributed by atoms with Crippen LogP contribution in [-0.2, 0) is 6.42 Å². The highest BCUT2D eigenvalue weighted by atomic mass is 19.2. The van der Waals surface area contributed by atoms with Crippen molar-refractivity contribution in [3.63, 3.8) is 0 Å². The molecule has 0 bridgehead atoms. The van der Waals surface area contributed by atoms with Crippen LogP contribution in [0.3, 0.4) is 0 Å². The first-order chi connectivity index (χ1) is 10.1. The molecular weight excluding hydrogens is 270 g/mol. The normalized spacial score (nSPS) is 12.4. The number of hydrogen-bond donors (Lipinski definition) is 1. The average molecular weight is 290 g/mol. The van der Waals surface area contributed by atoms with Gasteiger partial charge < -0.3 is 5.32 Å². The molecule has 0 aliphatic rings. The highest BCUT2D eigenvalue weighted by Gasteiger charge is 2.14. The van der Waals surface area contributed by atoms with Crippen LogP contribution in [-0.4, -0.2) is 11.5 Å². The van der Waals surface area contributed by atoms with Crippen molar-refractivity contribution in [3.8, 4) is 0 Å². The zero-order chi connectivity index (χ0) is 15.2. The second kappa shape index (κ2) is 7.27. The number of halogens is 2. The maximum Gasteiger partial charge on any atom is 0.159 e. The molecule has 0 spiro atoms. The third kappa shape index (κ3) is 4.33. The van der Waals surface area contributed by atoms with Crippen molar-refractivity contribution in [3.05, 3.63) is 65.0 Å². The quantitative estimate of drug-likeness (QED) is 0.871. The zero-order valence-corrected chi connectivity index (χ0v) is 12.4. The number of hydrogen-bond acceptors (Lipinski definition) is 2. The molecule has 1 heterocycles. The van der Waals surface area contributed by atoms with Crippen molar-refractivity contribution in [2.45, 2.75) is 32.7 Å². The molecule has 1 aromatic carbocycles. The van der Waals surface area contributed by atoms with Gasteiger partial charge in [-0.05, 0) is 56.1 Å². The number of aryl methyl sites for hydroxylation is 1. The second-order valence-electron chi connectivity index (χ2n) is 5.16. The Morgan fingerprint density at radius 1 is 1.14 bits per heavy atom. The van der Waals surface area contributed by atoms with Gasteiger partial charge in [0.2, 0.25) is 0 Å². The predicted molar refractivity (Wildman–Crippen MR) is 80.1 cm³/mol. The van der Waals surface area contributed by atoms with Crippen LogP contribution in [0.15, 0.2) is 36.4 Å². The second-order valence-corrected chi connectivity index (χ2v) is 5.16. The molecule has 4 heteroatoms. The molecule has 2 aromatic rings. The Balaban J connectivity index is 2.21. The molecule has 0 saturated heterocycles. The molecule has 2 rings (SSSR count). The van der Waals surface area contributed by atoms with Crippen LogP contribution in [0.4, 0.5) is 8.78 Å². The van der Waals surface area contributed by atoms with Gasteiger partial charge in [-0.2, -0.15) is 0 Å². The molecule has 1 atom stereocenters. The molecule has 21 heavy (non-hydrogen) atoms. The molecule has 2 nitrogen and oxygen atoms in total. The number of nitrogens with one attached hydrogen (secondary N) is 1. The maximum atomic E-state index is 13.3.